The number of fused-ring (bicyclic) bond motifs is 1. The first-order chi connectivity index (χ1) is 17.2. The minimum absolute atomic E-state index is 0.120. The summed E-state index contributed by atoms with van der Waals surface area (Å²) in [5.74, 6) is 1.22. The quantitative estimate of drug-likeness (QED) is 0.256. The van der Waals surface area contributed by atoms with Crippen molar-refractivity contribution in [2.24, 2.45) is 0 Å². The molecule has 0 unspecified atom stereocenters. The number of aromatic nitrogens is 1. The highest BCUT2D eigenvalue weighted by atomic mass is 32.1. The van der Waals surface area contributed by atoms with Gasteiger partial charge in [-0.05, 0) is 41.0 Å². The maximum atomic E-state index is 13.8. The zero-order valence-corrected chi connectivity index (χ0v) is 20.3. The maximum Gasteiger partial charge on any atom is 0.260 e. The summed E-state index contributed by atoms with van der Waals surface area (Å²) in [5.41, 5.74) is 4.46. The van der Waals surface area contributed by atoms with E-state index in [2.05, 4.69) is 12.1 Å². The van der Waals surface area contributed by atoms with Crippen LogP contribution in [-0.4, -0.2) is 25.1 Å². The zero-order valence-electron chi connectivity index (χ0n) is 19.5. The Bertz CT molecular complexity index is 1410. The fourth-order valence-electron chi connectivity index (χ4n) is 3.97. The van der Waals surface area contributed by atoms with Gasteiger partial charge in [0.05, 0.1) is 20.8 Å². The van der Waals surface area contributed by atoms with Gasteiger partial charge in [-0.2, -0.15) is 0 Å². The van der Waals surface area contributed by atoms with E-state index in [1.165, 1.54) is 11.3 Å². The summed E-state index contributed by atoms with van der Waals surface area (Å²) in [4.78, 5) is 20.4. The van der Waals surface area contributed by atoms with Crippen LogP contribution >= 0.6 is 11.3 Å². The molecule has 1 amide bonds. The van der Waals surface area contributed by atoms with Crippen LogP contribution in [0.4, 0.5) is 5.13 Å². The number of thiazole rings is 1. The van der Waals surface area contributed by atoms with Crippen LogP contribution in [0.1, 0.15) is 15.9 Å². The Balaban J connectivity index is 1.55. The van der Waals surface area contributed by atoms with E-state index in [0.29, 0.717) is 34.3 Å². The lowest BCUT2D eigenvalue weighted by Gasteiger charge is -2.20. The molecule has 6 heteroatoms. The van der Waals surface area contributed by atoms with Crippen LogP contribution in [0.3, 0.4) is 0 Å². The molecule has 0 N–H and O–H groups in total. The standard InChI is InChI=1S/C29H24N2O3S/c1-33-24-17-18-25(34-2)27-26(24)30-29(35-27)31(19-20-9-5-3-6-10-20)28(32)23-15-13-22(14-16-23)21-11-7-4-8-12-21/h3-18H,19H2,1-2H3. The van der Waals surface area contributed by atoms with Crippen LogP contribution in [0.15, 0.2) is 97.1 Å². The minimum atomic E-state index is -0.120. The number of amides is 1. The van der Waals surface area contributed by atoms with Crippen LogP contribution in [0, 0.1) is 0 Å². The van der Waals surface area contributed by atoms with Crippen molar-refractivity contribution in [1.82, 2.24) is 4.98 Å². The van der Waals surface area contributed by atoms with E-state index < -0.39 is 0 Å². The predicted molar refractivity (Wildman–Crippen MR) is 142 cm³/mol. The van der Waals surface area contributed by atoms with E-state index in [4.69, 9.17) is 14.5 Å². The van der Waals surface area contributed by atoms with Gasteiger partial charge in [0, 0.05) is 5.56 Å². The Labute approximate surface area is 208 Å². The van der Waals surface area contributed by atoms with Crippen molar-refractivity contribution in [3.63, 3.8) is 0 Å². The topological polar surface area (TPSA) is 51.7 Å². The molecule has 0 saturated heterocycles. The van der Waals surface area contributed by atoms with Crippen molar-refractivity contribution in [1.29, 1.82) is 0 Å². The molecule has 174 valence electrons. The first-order valence-electron chi connectivity index (χ1n) is 11.2. The molecule has 0 atom stereocenters. The molecule has 0 radical (unpaired) electrons. The van der Waals surface area contributed by atoms with Crippen molar-refractivity contribution < 1.29 is 14.3 Å². The number of anilines is 1. The molecular weight excluding hydrogens is 456 g/mol. The summed E-state index contributed by atoms with van der Waals surface area (Å²) in [6, 6.07) is 31.4. The molecule has 4 aromatic carbocycles. The summed E-state index contributed by atoms with van der Waals surface area (Å²) < 4.78 is 11.9. The second kappa shape index (κ2) is 9.99. The third-order valence-corrected chi connectivity index (χ3v) is 6.89. The van der Waals surface area contributed by atoms with Crippen LogP contribution in [0.2, 0.25) is 0 Å². The van der Waals surface area contributed by atoms with Gasteiger partial charge in [0.25, 0.3) is 5.91 Å². The smallest absolute Gasteiger partial charge is 0.260 e. The Morgan fingerprint density at radius 2 is 1.37 bits per heavy atom. The lowest BCUT2D eigenvalue weighted by Crippen LogP contribution is -2.30. The van der Waals surface area contributed by atoms with E-state index in [-0.39, 0.29) is 5.91 Å². The number of rotatable bonds is 7. The predicted octanol–water partition coefficient (Wildman–Crippen LogP) is 6.83. The monoisotopic (exact) mass is 480 g/mol. The van der Waals surface area contributed by atoms with E-state index in [1.54, 1.807) is 19.1 Å². The van der Waals surface area contributed by atoms with Gasteiger partial charge >= 0.3 is 0 Å². The number of ether oxygens (including phenoxy) is 2. The fourth-order valence-corrected chi connectivity index (χ4v) is 5.05. The number of hydrogen-bond donors (Lipinski definition) is 0. The minimum Gasteiger partial charge on any atom is -0.495 e. The van der Waals surface area contributed by atoms with Gasteiger partial charge in [-0.3, -0.25) is 9.69 Å². The Hall–Kier alpha value is -4.16. The highest BCUT2D eigenvalue weighted by Crippen LogP contribution is 2.40. The van der Waals surface area contributed by atoms with E-state index >= 15 is 0 Å². The summed E-state index contributed by atoms with van der Waals surface area (Å²) >= 11 is 1.42. The summed E-state index contributed by atoms with van der Waals surface area (Å²) in [5, 5.41) is 0.587. The van der Waals surface area contributed by atoms with Crippen molar-refractivity contribution in [3.05, 3.63) is 108 Å². The fraction of sp³-hybridized carbons (Fsp3) is 0.103. The van der Waals surface area contributed by atoms with E-state index in [1.807, 2.05) is 84.9 Å². The largest absolute Gasteiger partial charge is 0.495 e. The lowest BCUT2D eigenvalue weighted by atomic mass is 10.0. The summed E-state index contributed by atoms with van der Waals surface area (Å²) in [6.07, 6.45) is 0. The molecule has 0 aliphatic carbocycles. The summed E-state index contributed by atoms with van der Waals surface area (Å²) in [6.45, 7) is 0.393. The van der Waals surface area contributed by atoms with E-state index in [9.17, 15) is 4.79 Å². The maximum absolute atomic E-state index is 13.8. The molecule has 0 saturated carbocycles. The zero-order chi connectivity index (χ0) is 24.2. The molecule has 0 spiro atoms. The molecule has 5 nitrogen and oxygen atoms in total. The Morgan fingerprint density at radius 3 is 2.03 bits per heavy atom. The first-order valence-corrected chi connectivity index (χ1v) is 12.0. The molecule has 0 aliphatic heterocycles. The third-order valence-electron chi connectivity index (χ3n) is 5.80. The molecule has 1 aromatic heterocycles. The number of methoxy groups -OCH3 is 2. The van der Waals surface area contributed by atoms with Crippen LogP contribution < -0.4 is 14.4 Å². The van der Waals surface area contributed by atoms with Gasteiger partial charge in [0.1, 0.15) is 21.7 Å². The number of nitrogens with zero attached hydrogens (tertiary/aromatic N) is 2. The average Bonchev–Trinajstić information content (AvgIpc) is 3.37. The van der Waals surface area contributed by atoms with Crippen molar-refractivity contribution in [2.75, 3.05) is 19.1 Å². The average molecular weight is 481 g/mol. The van der Waals surface area contributed by atoms with Crippen LogP contribution in [0.5, 0.6) is 11.5 Å². The number of carbonyl (C=O) groups excluding carboxylic acids is 1. The van der Waals surface area contributed by atoms with Gasteiger partial charge < -0.3 is 9.47 Å². The summed E-state index contributed by atoms with van der Waals surface area (Å²) in [7, 11) is 3.24. The number of carbonyl (C=O) groups is 1. The third kappa shape index (κ3) is 4.61. The second-order valence-corrected chi connectivity index (χ2v) is 8.94. The number of hydrogen-bond acceptors (Lipinski definition) is 5. The van der Waals surface area contributed by atoms with Gasteiger partial charge in [0.15, 0.2) is 5.13 Å². The van der Waals surface area contributed by atoms with Gasteiger partial charge in [0.2, 0.25) is 0 Å². The first kappa shape index (κ1) is 22.6. The Morgan fingerprint density at radius 1 is 0.771 bits per heavy atom. The second-order valence-electron chi connectivity index (χ2n) is 7.96. The van der Waals surface area contributed by atoms with Crippen molar-refractivity contribution >= 4 is 32.6 Å². The van der Waals surface area contributed by atoms with Gasteiger partial charge in [-0.1, -0.05) is 84.1 Å². The van der Waals surface area contributed by atoms with E-state index in [0.717, 1.165) is 21.4 Å². The van der Waals surface area contributed by atoms with Crippen LogP contribution in [-0.2, 0) is 6.54 Å². The molecule has 5 aromatic rings. The Kier molecular flexibility index (Phi) is 6.46. The normalized spacial score (nSPS) is 10.8. The molecule has 0 aliphatic rings. The molecule has 0 bridgehead atoms. The molecule has 1 heterocycles. The molecular formula is C29H24N2O3S. The van der Waals surface area contributed by atoms with Gasteiger partial charge in [-0.25, -0.2) is 4.98 Å². The van der Waals surface area contributed by atoms with Crippen LogP contribution in [0.25, 0.3) is 21.3 Å². The highest BCUT2D eigenvalue weighted by molar-refractivity contribution is 7.22. The number of benzene rings is 4. The SMILES string of the molecule is COc1ccc(OC)c2sc(N(Cc3ccccc3)C(=O)c3ccc(-c4ccccc4)cc3)nc12. The molecule has 0 fully saturated rings. The highest BCUT2D eigenvalue weighted by Gasteiger charge is 2.24. The lowest BCUT2D eigenvalue weighted by molar-refractivity contribution is 0.0985. The molecule has 35 heavy (non-hydrogen) atoms. The van der Waals surface area contributed by atoms with Crippen molar-refractivity contribution in [3.8, 4) is 22.6 Å². The van der Waals surface area contributed by atoms with Gasteiger partial charge in [-0.15, -0.1) is 0 Å². The molecule has 5 rings (SSSR count). The van der Waals surface area contributed by atoms with Crippen molar-refractivity contribution in [2.45, 2.75) is 6.54 Å².